The third-order valence-electron chi connectivity index (χ3n) is 2.27. The molecule has 0 unspecified atom stereocenters. The number of hydrogen-bond acceptors (Lipinski definition) is 4. The summed E-state index contributed by atoms with van der Waals surface area (Å²) < 4.78 is 2.98. The van der Waals surface area contributed by atoms with Gasteiger partial charge >= 0.3 is 0 Å². The molecule has 4 nitrogen and oxygen atoms in total. The Bertz CT molecular complexity index is 512. The highest BCUT2D eigenvalue weighted by Gasteiger charge is 2.08. The lowest BCUT2D eigenvalue weighted by Gasteiger charge is -2.08. The Balaban J connectivity index is 2.30. The highest BCUT2D eigenvalue weighted by molar-refractivity contribution is 9.10. The van der Waals surface area contributed by atoms with Crippen molar-refractivity contribution in [3.8, 4) is 0 Å². The van der Waals surface area contributed by atoms with Gasteiger partial charge in [0, 0.05) is 23.0 Å². The van der Waals surface area contributed by atoms with E-state index in [2.05, 4.69) is 43.6 Å². The number of hydrogen-bond donors (Lipinski definition) is 1. The van der Waals surface area contributed by atoms with E-state index in [1.165, 1.54) is 10.5 Å². The van der Waals surface area contributed by atoms with Gasteiger partial charge in [0.15, 0.2) is 5.16 Å². The van der Waals surface area contributed by atoms with Gasteiger partial charge < -0.3 is 9.88 Å². The summed E-state index contributed by atoms with van der Waals surface area (Å²) in [5.74, 6) is 0. The Labute approximate surface area is 113 Å². The molecule has 2 rings (SSSR count). The smallest absolute Gasteiger partial charge is 0.195 e. The third-order valence-corrected chi connectivity index (χ3v) is 3.91. The molecule has 0 atom stereocenters. The molecular formula is C11H13BrN4S. The predicted molar refractivity (Wildman–Crippen MR) is 72.0 cm³/mol. The van der Waals surface area contributed by atoms with Gasteiger partial charge in [0.1, 0.15) is 6.33 Å². The van der Waals surface area contributed by atoms with Crippen molar-refractivity contribution in [2.24, 2.45) is 7.05 Å². The first-order valence-corrected chi connectivity index (χ1v) is 6.76. The number of halogens is 1. The summed E-state index contributed by atoms with van der Waals surface area (Å²) >= 11 is 5.11. The molecule has 0 aliphatic rings. The van der Waals surface area contributed by atoms with Gasteiger partial charge in [0.25, 0.3) is 0 Å². The first kappa shape index (κ1) is 12.6. The fraction of sp³-hybridized carbons (Fsp3) is 0.273. The largest absolute Gasteiger partial charge is 0.316 e. The molecule has 17 heavy (non-hydrogen) atoms. The molecule has 1 aromatic heterocycles. The van der Waals surface area contributed by atoms with Crippen molar-refractivity contribution >= 4 is 27.7 Å². The fourth-order valence-corrected chi connectivity index (χ4v) is 2.87. The maximum absolute atomic E-state index is 4.08. The van der Waals surface area contributed by atoms with Crippen LogP contribution >= 0.6 is 27.7 Å². The molecule has 90 valence electrons. The molecule has 1 aromatic carbocycles. The number of aromatic nitrogens is 3. The second-order valence-electron chi connectivity index (χ2n) is 3.61. The highest BCUT2D eigenvalue weighted by Crippen LogP contribution is 2.31. The van der Waals surface area contributed by atoms with E-state index in [9.17, 15) is 0 Å². The van der Waals surface area contributed by atoms with E-state index < -0.39 is 0 Å². The number of nitrogens with zero attached hydrogens (tertiary/aromatic N) is 3. The van der Waals surface area contributed by atoms with E-state index in [4.69, 9.17) is 0 Å². The molecule has 0 bridgehead atoms. The van der Waals surface area contributed by atoms with E-state index in [0.29, 0.717) is 0 Å². The van der Waals surface area contributed by atoms with E-state index in [-0.39, 0.29) is 0 Å². The molecule has 0 fully saturated rings. The first-order chi connectivity index (χ1) is 8.20. The van der Waals surface area contributed by atoms with Crippen molar-refractivity contribution in [1.82, 2.24) is 20.1 Å². The minimum Gasteiger partial charge on any atom is -0.316 e. The standard InChI is InChI=1S/C11H13BrN4S/c1-13-6-8-3-4-9(12)5-10(8)17-11-15-14-7-16(11)2/h3-5,7,13H,6H2,1-2H3. The summed E-state index contributed by atoms with van der Waals surface area (Å²) in [6.45, 7) is 0.841. The van der Waals surface area contributed by atoms with Gasteiger partial charge in [-0.3, -0.25) is 0 Å². The molecule has 0 radical (unpaired) electrons. The normalized spacial score (nSPS) is 10.8. The average molecular weight is 313 g/mol. The van der Waals surface area contributed by atoms with Crippen molar-refractivity contribution in [3.63, 3.8) is 0 Å². The maximum atomic E-state index is 4.08. The van der Waals surface area contributed by atoms with Gasteiger partial charge in [-0.1, -0.05) is 22.0 Å². The van der Waals surface area contributed by atoms with Crippen LogP contribution in [0, 0.1) is 0 Å². The topological polar surface area (TPSA) is 42.7 Å². The van der Waals surface area contributed by atoms with Crippen LogP contribution in [-0.2, 0) is 13.6 Å². The van der Waals surface area contributed by atoms with Gasteiger partial charge in [-0.25, -0.2) is 0 Å². The molecule has 0 aliphatic carbocycles. The summed E-state index contributed by atoms with van der Waals surface area (Å²) in [7, 11) is 3.89. The van der Waals surface area contributed by atoms with Crippen LogP contribution in [0.3, 0.4) is 0 Å². The summed E-state index contributed by atoms with van der Waals surface area (Å²) in [5.41, 5.74) is 1.25. The Kier molecular flexibility index (Phi) is 4.20. The molecule has 0 spiro atoms. The zero-order valence-corrected chi connectivity index (χ0v) is 12.0. The van der Waals surface area contributed by atoms with E-state index in [1.54, 1.807) is 18.1 Å². The van der Waals surface area contributed by atoms with Gasteiger partial charge in [0.05, 0.1) is 0 Å². The fourth-order valence-electron chi connectivity index (χ4n) is 1.42. The monoisotopic (exact) mass is 312 g/mol. The average Bonchev–Trinajstić information content (AvgIpc) is 2.69. The molecule has 1 N–H and O–H groups in total. The molecule has 0 aliphatic heterocycles. The van der Waals surface area contributed by atoms with Crippen LogP contribution in [0.5, 0.6) is 0 Å². The summed E-state index contributed by atoms with van der Waals surface area (Å²) in [6.07, 6.45) is 1.71. The van der Waals surface area contributed by atoms with Crippen LogP contribution in [0.4, 0.5) is 0 Å². The number of nitrogens with one attached hydrogen (secondary N) is 1. The van der Waals surface area contributed by atoms with Crippen LogP contribution in [0.2, 0.25) is 0 Å². The molecule has 1 heterocycles. The van der Waals surface area contributed by atoms with Crippen LogP contribution in [-0.4, -0.2) is 21.8 Å². The first-order valence-electron chi connectivity index (χ1n) is 5.15. The zero-order chi connectivity index (χ0) is 12.3. The lowest BCUT2D eigenvalue weighted by Crippen LogP contribution is -2.06. The summed E-state index contributed by atoms with van der Waals surface area (Å²) in [4.78, 5) is 1.19. The van der Waals surface area contributed by atoms with E-state index >= 15 is 0 Å². The molecule has 2 aromatic rings. The number of rotatable bonds is 4. The number of benzene rings is 1. The maximum Gasteiger partial charge on any atom is 0.195 e. The lowest BCUT2D eigenvalue weighted by molar-refractivity contribution is 0.782. The zero-order valence-electron chi connectivity index (χ0n) is 9.64. The van der Waals surface area contributed by atoms with E-state index in [0.717, 1.165) is 16.2 Å². The predicted octanol–water partition coefficient (Wildman–Crippen LogP) is 2.45. The second kappa shape index (κ2) is 5.66. The second-order valence-corrected chi connectivity index (χ2v) is 5.53. The molecule has 0 saturated heterocycles. The number of aryl methyl sites for hydroxylation is 1. The summed E-state index contributed by atoms with van der Waals surface area (Å²) in [6, 6.07) is 6.26. The Morgan fingerprint density at radius 1 is 1.47 bits per heavy atom. The van der Waals surface area contributed by atoms with Gasteiger partial charge in [-0.05, 0) is 36.5 Å². The summed E-state index contributed by atoms with van der Waals surface area (Å²) in [5, 5.41) is 12.0. The van der Waals surface area contributed by atoms with Gasteiger partial charge in [-0.2, -0.15) is 0 Å². The Morgan fingerprint density at radius 2 is 2.29 bits per heavy atom. The van der Waals surface area contributed by atoms with Gasteiger partial charge in [0.2, 0.25) is 0 Å². The Hall–Kier alpha value is -0.850. The highest BCUT2D eigenvalue weighted by atomic mass is 79.9. The van der Waals surface area contributed by atoms with Crippen LogP contribution in [0.25, 0.3) is 0 Å². The minimum atomic E-state index is 0.841. The van der Waals surface area contributed by atoms with Crippen molar-refractivity contribution in [1.29, 1.82) is 0 Å². The van der Waals surface area contributed by atoms with Crippen molar-refractivity contribution in [3.05, 3.63) is 34.6 Å². The van der Waals surface area contributed by atoms with E-state index in [1.807, 2.05) is 24.7 Å². The lowest BCUT2D eigenvalue weighted by atomic mass is 10.2. The minimum absolute atomic E-state index is 0.841. The molecule has 0 amide bonds. The SMILES string of the molecule is CNCc1ccc(Br)cc1Sc1nncn1C. The van der Waals surface area contributed by atoms with Crippen LogP contribution in [0.15, 0.2) is 39.1 Å². The van der Waals surface area contributed by atoms with Crippen LogP contribution in [0.1, 0.15) is 5.56 Å². The van der Waals surface area contributed by atoms with Crippen LogP contribution < -0.4 is 5.32 Å². The molecule has 0 saturated carbocycles. The van der Waals surface area contributed by atoms with Gasteiger partial charge in [-0.15, -0.1) is 10.2 Å². The van der Waals surface area contributed by atoms with Crippen molar-refractivity contribution in [2.45, 2.75) is 16.6 Å². The quantitative estimate of drug-likeness (QED) is 0.941. The third kappa shape index (κ3) is 3.08. The van der Waals surface area contributed by atoms with Crippen molar-refractivity contribution < 1.29 is 0 Å². The Morgan fingerprint density at radius 3 is 2.94 bits per heavy atom. The molecular weight excluding hydrogens is 300 g/mol. The molecule has 6 heteroatoms. The van der Waals surface area contributed by atoms with Crippen molar-refractivity contribution in [2.75, 3.05) is 7.05 Å².